The second kappa shape index (κ2) is 2.44. The summed E-state index contributed by atoms with van der Waals surface area (Å²) in [6.45, 7) is 1.98. The molecule has 0 aromatic rings. The van der Waals surface area contributed by atoms with Gasteiger partial charge in [-0.2, -0.15) is 0 Å². The quantitative estimate of drug-likeness (QED) is 0.394. The van der Waals surface area contributed by atoms with E-state index >= 15 is 0 Å². The number of cyclic esters (lactones) is 1. The third kappa shape index (κ3) is 1.56. The second-order valence-corrected chi connectivity index (χ2v) is 3.32. The van der Waals surface area contributed by atoms with E-state index in [1.807, 2.05) is 6.92 Å². The summed E-state index contributed by atoms with van der Waals surface area (Å²) in [7, 11) is 0. The molecule has 1 heterocycles. The Morgan fingerprint density at radius 2 is 2.56 bits per heavy atom. The van der Waals surface area contributed by atoms with E-state index in [2.05, 4.69) is 22.6 Å². The molecule has 0 amide bonds. The largest absolute Gasteiger partial charge is 0.459 e. The molecule has 1 fully saturated rings. The molecule has 0 aromatic heterocycles. The van der Waals surface area contributed by atoms with Crippen molar-refractivity contribution in [1.29, 1.82) is 0 Å². The van der Waals surface area contributed by atoms with Gasteiger partial charge < -0.3 is 4.74 Å². The fraction of sp³-hybridized carbons (Fsp3) is 0.833. The molecule has 1 saturated heterocycles. The van der Waals surface area contributed by atoms with Crippen LogP contribution in [0.3, 0.4) is 0 Å². The highest BCUT2D eigenvalue weighted by Crippen LogP contribution is 2.27. The van der Waals surface area contributed by atoms with Gasteiger partial charge in [0, 0.05) is 10.8 Å². The van der Waals surface area contributed by atoms with Crippen LogP contribution in [0.4, 0.5) is 0 Å². The first-order chi connectivity index (χ1) is 4.16. The summed E-state index contributed by atoms with van der Waals surface area (Å²) >= 11 is 2.24. The van der Waals surface area contributed by atoms with Crippen molar-refractivity contribution in [2.24, 2.45) is 0 Å². The summed E-state index contributed by atoms with van der Waals surface area (Å²) in [6.07, 6.45) is 1.48. The minimum absolute atomic E-state index is 0.0471. The predicted molar refractivity (Wildman–Crippen MR) is 42.6 cm³/mol. The molecular weight excluding hydrogens is 231 g/mol. The van der Waals surface area contributed by atoms with Crippen LogP contribution in [-0.2, 0) is 9.53 Å². The molecular formula is C6H9IO2. The third-order valence-corrected chi connectivity index (χ3v) is 3.11. The van der Waals surface area contributed by atoms with Crippen molar-refractivity contribution >= 4 is 28.6 Å². The number of hydrogen-bond acceptors (Lipinski definition) is 2. The maximum Gasteiger partial charge on any atom is 0.306 e. The Labute approximate surface area is 68.1 Å². The molecule has 0 unspecified atom stereocenters. The average Bonchev–Trinajstić information content (AvgIpc) is 2.13. The minimum atomic E-state index is -0.155. The van der Waals surface area contributed by atoms with Crippen LogP contribution in [0.1, 0.15) is 19.8 Å². The standard InChI is InChI=1S/C6H9IO2/c1-6(4-7)3-2-5(8)9-6/h2-4H2,1H3/t6-/m1/s1. The van der Waals surface area contributed by atoms with Crippen LogP contribution >= 0.6 is 22.6 Å². The van der Waals surface area contributed by atoms with E-state index in [9.17, 15) is 4.79 Å². The molecule has 9 heavy (non-hydrogen) atoms. The highest BCUT2D eigenvalue weighted by atomic mass is 127. The third-order valence-electron chi connectivity index (χ3n) is 1.50. The first-order valence-corrected chi connectivity index (χ1v) is 4.47. The first-order valence-electron chi connectivity index (χ1n) is 2.94. The van der Waals surface area contributed by atoms with Gasteiger partial charge in [0.1, 0.15) is 5.60 Å². The molecule has 1 aliphatic rings. The predicted octanol–water partition coefficient (Wildman–Crippen LogP) is 1.52. The summed E-state index contributed by atoms with van der Waals surface area (Å²) in [6, 6.07) is 0. The summed E-state index contributed by atoms with van der Waals surface area (Å²) in [5.74, 6) is -0.0471. The maximum atomic E-state index is 10.6. The number of hydrogen-bond donors (Lipinski definition) is 0. The number of alkyl halides is 1. The Morgan fingerprint density at radius 1 is 1.89 bits per heavy atom. The van der Waals surface area contributed by atoms with Crippen molar-refractivity contribution in [2.75, 3.05) is 4.43 Å². The Hall–Kier alpha value is 0.200. The summed E-state index contributed by atoms with van der Waals surface area (Å²) < 4.78 is 5.95. The van der Waals surface area contributed by atoms with E-state index in [4.69, 9.17) is 4.74 Å². The molecule has 0 bridgehead atoms. The molecule has 0 radical (unpaired) electrons. The van der Waals surface area contributed by atoms with E-state index in [0.717, 1.165) is 10.8 Å². The normalized spacial score (nSPS) is 34.7. The Kier molecular flexibility index (Phi) is 1.98. The molecule has 1 aliphatic heterocycles. The minimum Gasteiger partial charge on any atom is -0.459 e. The van der Waals surface area contributed by atoms with E-state index in [0.29, 0.717) is 6.42 Å². The van der Waals surface area contributed by atoms with Gasteiger partial charge in [0.2, 0.25) is 0 Å². The molecule has 3 heteroatoms. The zero-order chi connectivity index (χ0) is 6.91. The lowest BCUT2D eigenvalue weighted by molar-refractivity contribution is -0.145. The van der Waals surface area contributed by atoms with Crippen molar-refractivity contribution in [2.45, 2.75) is 25.4 Å². The zero-order valence-electron chi connectivity index (χ0n) is 5.32. The fourth-order valence-electron chi connectivity index (χ4n) is 0.837. The van der Waals surface area contributed by atoms with Crippen molar-refractivity contribution in [3.63, 3.8) is 0 Å². The SMILES string of the molecule is C[C@]1(CI)CCC(=O)O1. The monoisotopic (exact) mass is 240 g/mol. The molecule has 0 spiro atoms. The smallest absolute Gasteiger partial charge is 0.306 e. The molecule has 1 atom stereocenters. The molecule has 1 rings (SSSR count). The van der Waals surface area contributed by atoms with Crippen molar-refractivity contribution in [3.8, 4) is 0 Å². The van der Waals surface area contributed by atoms with Crippen molar-refractivity contribution < 1.29 is 9.53 Å². The number of esters is 1. The first kappa shape index (κ1) is 7.31. The number of ether oxygens (including phenoxy) is 1. The van der Waals surface area contributed by atoms with Gasteiger partial charge in [-0.05, 0) is 13.3 Å². The molecule has 2 nitrogen and oxygen atoms in total. The second-order valence-electron chi connectivity index (χ2n) is 2.56. The zero-order valence-corrected chi connectivity index (χ0v) is 7.47. The van der Waals surface area contributed by atoms with Gasteiger partial charge in [0.05, 0.1) is 0 Å². The van der Waals surface area contributed by atoms with Crippen LogP contribution in [-0.4, -0.2) is 16.0 Å². The van der Waals surface area contributed by atoms with Gasteiger partial charge in [-0.3, -0.25) is 4.79 Å². The van der Waals surface area contributed by atoms with E-state index in [-0.39, 0.29) is 11.6 Å². The van der Waals surface area contributed by atoms with Crippen LogP contribution in [0.15, 0.2) is 0 Å². The Balaban J connectivity index is 2.54. The van der Waals surface area contributed by atoms with Crippen LogP contribution in [0.5, 0.6) is 0 Å². The van der Waals surface area contributed by atoms with Crippen LogP contribution in [0.2, 0.25) is 0 Å². The van der Waals surface area contributed by atoms with Crippen LogP contribution in [0, 0.1) is 0 Å². The van der Waals surface area contributed by atoms with E-state index in [1.165, 1.54) is 0 Å². The fourth-order valence-corrected chi connectivity index (χ4v) is 1.37. The molecule has 0 N–H and O–H groups in total. The van der Waals surface area contributed by atoms with Gasteiger partial charge in [0.25, 0.3) is 0 Å². The van der Waals surface area contributed by atoms with Gasteiger partial charge >= 0.3 is 5.97 Å². The number of carbonyl (C=O) groups excluding carboxylic acids is 1. The molecule has 0 aliphatic carbocycles. The van der Waals surface area contributed by atoms with E-state index in [1.54, 1.807) is 0 Å². The van der Waals surface area contributed by atoms with Gasteiger partial charge in [0.15, 0.2) is 0 Å². The topological polar surface area (TPSA) is 26.3 Å². The Bertz CT molecular complexity index is 135. The highest BCUT2D eigenvalue weighted by molar-refractivity contribution is 14.1. The van der Waals surface area contributed by atoms with Gasteiger partial charge in [-0.1, -0.05) is 22.6 Å². The van der Waals surface area contributed by atoms with Gasteiger partial charge in [-0.25, -0.2) is 0 Å². The molecule has 52 valence electrons. The van der Waals surface area contributed by atoms with E-state index < -0.39 is 0 Å². The number of carbonyl (C=O) groups is 1. The highest BCUT2D eigenvalue weighted by Gasteiger charge is 2.34. The van der Waals surface area contributed by atoms with Crippen LogP contribution in [0.25, 0.3) is 0 Å². The lowest BCUT2D eigenvalue weighted by atomic mass is 10.1. The summed E-state index contributed by atoms with van der Waals surface area (Å²) in [4.78, 5) is 10.6. The summed E-state index contributed by atoms with van der Waals surface area (Å²) in [5, 5.41) is 0. The van der Waals surface area contributed by atoms with Gasteiger partial charge in [-0.15, -0.1) is 0 Å². The molecule has 0 saturated carbocycles. The van der Waals surface area contributed by atoms with Crippen molar-refractivity contribution in [1.82, 2.24) is 0 Å². The lowest BCUT2D eigenvalue weighted by Crippen LogP contribution is -2.25. The number of halogens is 1. The maximum absolute atomic E-state index is 10.6. The number of rotatable bonds is 1. The Morgan fingerprint density at radius 3 is 2.78 bits per heavy atom. The van der Waals surface area contributed by atoms with Crippen molar-refractivity contribution in [3.05, 3.63) is 0 Å². The summed E-state index contributed by atoms with van der Waals surface area (Å²) in [5.41, 5.74) is -0.155. The average molecular weight is 240 g/mol. The van der Waals surface area contributed by atoms with Crippen LogP contribution < -0.4 is 0 Å². The lowest BCUT2D eigenvalue weighted by Gasteiger charge is -2.18. The molecule has 0 aromatic carbocycles.